The molecule has 4 atom stereocenters. The SMILES string of the molecule is CCC(COC(=O)NC)OC(=O)NCCC[Si](OC)(OC)OC.CCC(COC(=O)NC)OC(=O)NCCC[Si](OC)(OC)OC.CNC(=O)OCC(C)COC(=N)OCCC[Si](OC)(OC)OC.CNC(=O)OCC(C)COC(=N)OCCC[Si](OC)(OC)OC.[HH].[HH].[HH].[HH].[HH].[HH]. The minimum absolute atomic E-state index is 0. The van der Waals surface area contributed by atoms with E-state index in [1.54, 1.807) is 85.3 Å². The number of nitrogens with one attached hydrogen (secondary N) is 8. The average molecular weight is 1420 g/mol. The van der Waals surface area contributed by atoms with Gasteiger partial charge in [0.1, 0.15) is 25.4 Å². The molecule has 0 saturated carbocycles. The Kier molecular flexibility index (Phi) is 58.8. The highest BCUT2D eigenvalue weighted by atomic mass is 28.4. The Labute approximate surface area is 556 Å². The van der Waals surface area contributed by atoms with Gasteiger partial charge in [-0.15, -0.1) is 0 Å². The predicted molar refractivity (Wildman–Crippen MR) is 354 cm³/mol. The Bertz CT molecular complexity index is 1810. The largest absolute Gasteiger partial charge is 0.500 e. The number of carbonyl (C=O) groups excluding carboxylic acids is 6. The molecule has 36 nitrogen and oxygen atoms in total. The van der Waals surface area contributed by atoms with Crippen molar-refractivity contribution in [1.82, 2.24) is 31.9 Å². The first kappa shape index (κ1) is 93.0. The van der Waals surface area contributed by atoms with E-state index in [1.165, 1.54) is 28.2 Å². The number of alkyl carbamates (subject to hydrolysis) is 6. The van der Waals surface area contributed by atoms with Crippen molar-refractivity contribution in [1.29, 1.82) is 10.8 Å². The summed E-state index contributed by atoms with van der Waals surface area (Å²) >= 11 is 0. The van der Waals surface area contributed by atoms with E-state index in [2.05, 4.69) is 31.9 Å². The molecule has 0 aromatic heterocycles. The van der Waals surface area contributed by atoms with Crippen LogP contribution in [0, 0.1) is 22.7 Å². The third kappa shape index (κ3) is 46.6. The molecule has 0 aromatic carbocycles. The summed E-state index contributed by atoms with van der Waals surface area (Å²) in [7, 11) is 14.0. The molecule has 0 aliphatic rings. The fourth-order valence-corrected chi connectivity index (χ4v) is 13.5. The molecular weight excluding hydrogens is 1300 g/mol. The number of hydrogen-bond donors (Lipinski definition) is 8. The number of rotatable bonds is 44. The normalized spacial score (nSPS) is 12.4. The lowest BCUT2D eigenvalue weighted by molar-refractivity contribution is 0.0430. The zero-order chi connectivity index (χ0) is 70.9. The topological polar surface area (TPSA) is 425 Å². The summed E-state index contributed by atoms with van der Waals surface area (Å²) in [6, 6.07) is 2.32. The van der Waals surface area contributed by atoms with Crippen LogP contribution >= 0.6 is 0 Å². The highest BCUT2D eigenvalue weighted by Gasteiger charge is 2.39. The summed E-state index contributed by atoms with van der Waals surface area (Å²) < 4.78 is 114. The molecule has 92 heavy (non-hydrogen) atoms. The maximum Gasteiger partial charge on any atom is 0.500 e. The van der Waals surface area contributed by atoms with Gasteiger partial charge in [-0.25, -0.2) is 39.6 Å². The lowest BCUT2D eigenvalue weighted by Gasteiger charge is -2.24. The number of carbonyl (C=O) groups is 6. The number of amides is 6. The average Bonchev–Trinajstić information content (AvgIpc) is 1.17. The lowest BCUT2D eigenvalue weighted by Crippen LogP contribution is -2.43. The van der Waals surface area contributed by atoms with Crippen LogP contribution in [-0.2, 0) is 100 Å². The quantitative estimate of drug-likeness (QED) is 0.0112. The van der Waals surface area contributed by atoms with Gasteiger partial charge in [-0.3, -0.25) is 0 Å². The predicted octanol–water partition coefficient (Wildman–Crippen LogP) is 6.14. The molecule has 0 aliphatic carbocycles. The molecule has 4 unspecified atom stereocenters. The van der Waals surface area contributed by atoms with Crippen molar-refractivity contribution in [3.8, 4) is 0 Å². The van der Waals surface area contributed by atoms with E-state index < -0.39 is 84.0 Å². The van der Waals surface area contributed by atoms with Crippen LogP contribution in [0.25, 0.3) is 0 Å². The molecule has 556 valence electrons. The summed E-state index contributed by atoms with van der Waals surface area (Å²) in [5, 5.41) is 29.7. The van der Waals surface area contributed by atoms with Gasteiger partial charge in [-0.1, -0.05) is 27.7 Å². The van der Waals surface area contributed by atoms with Crippen molar-refractivity contribution in [3.63, 3.8) is 0 Å². The van der Waals surface area contributed by atoms with Crippen molar-refractivity contribution in [2.24, 2.45) is 11.8 Å². The Hall–Kier alpha value is -5.45. The summed E-state index contributed by atoms with van der Waals surface area (Å²) in [6.07, 6.45) is -1.18. The van der Waals surface area contributed by atoms with Gasteiger partial charge in [0.2, 0.25) is 0 Å². The molecule has 0 bridgehead atoms. The Morgan fingerprint density at radius 1 is 0.348 bits per heavy atom. The van der Waals surface area contributed by atoms with Crippen molar-refractivity contribution in [2.45, 2.75) is 103 Å². The van der Waals surface area contributed by atoms with Gasteiger partial charge in [-0.2, -0.15) is 0 Å². The molecule has 6 amide bonds. The molecule has 0 spiro atoms. The number of hydrogen-bond acceptors (Lipinski definition) is 30. The molecule has 0 aliphatic heterocycles. The molecule has 40 heteroatoms. The second kappa shape index (κ2) is 58.2. The van der Waals surface area contributed by atoms with Crippen LogP contribution in [0.15, 0.2) is 0 Å². The van der Waals surface area contributed by atoms with E-state index in [1.807, 2.05) is 27.7 Å². The van der Waals surface area contributed by atoms with Crippen LogP contribution in [0.2, 0.25) is 24.2 Å². The van der Waals surface area contributed by atoms with Crippen LogP contribution in [-0.4, -0.2) is 276 Å². The fraction of sp³-hybridized carbons (Fsp3) is 0.846. The second-order valence-corrected chi connectivity index (χ2v) is 31.2. The molecule has 0 aromatic rings. The molecule has 8 N–H and O–H groups in total. The van der Waals surface area contributed by atoms with E-state index >= 15 is 0 Å². The van der Waals surface area contributed by atoms with E-state index in [-0.39, 0.29) is 72.2 Å². The smallest absolute Gasteiger partial charge is 0.451 e. The first-order valence-corrected chi connectivity index (χ1v) is 37.1. The second-order valence-electron chi connectivity index (χ2n) is 18.8. The van der Waals surface area contributed by atoms with Crippen molar-refractivity contribution in [3.05, 3.63) is 0 Å². The molecule has 0 saturated heterocycles. The third-order valence-corrected chi connectivity index (χ3v) is 23.7. The minimum atomic E-state index is -2.61. The first-order valence-electron chi connectivity index (χ1n) is 29.4. The first-order chi connectivity index (χ1) is 43.8. The van der Waals surface area contributed by atoms with Gasteiger partial charge in [0.15, 0.2) is 0 Å². The van der Waals surface area contributed by atoms with Crippen molar-refractivity contribution in [2.75, 3.05) is 179 Å². The van der Waals surface area contributed by atoms with Gasteiger partial charge >= 0.3 is 83.9 Å². The number of ether oxygens (including phenoxy) is 10. The summed E-state index contributed by atoms with van der Waals surface area (Å²) in [5.74, 6) is -0.0986. The third-order valence-electron chi connectivity index (χ3n) is 12.4. The Balaban J connectivity index is -0.000000129. The maximum absolute atomic E-state index is 11.7. The zero-order valence-electron chi connectivity index (χ0n) is 57.9. The highest BCUT2D eigenvalue weighted by molar-refractivity contribution is 6.61. The lowest BCUT2D eigenvalue weighted by atomic mass is 10.2. The standard InChI is InChI=1S/4C13H28N2O7Si.6H2/c2*1-11(10-22-13(16)15-2)9-21-12(14)20-7-6-8-23(17-3,18-4)19-5;2*1-6-11(10-21-12(16)14-2)22-13(17)15-8-7-9-23(18-3,19-4)20-5;;;;;;/h2*11,14H,6-10H2,1-5H3,(H,15,16);2*11H,6-10H2,1-5H3,(H,14,16)(H,15,17);6*1H. The van der Waals surface area contributed by atoms with Gasteiger partial charge < -0.3 is 132 Å². The summed E-state index contributed by atoms with van der Waals surface area (Å²) in [5.41, 5.74) is 0. The fourth-order valence-electron chi connectivity index (χ4n) is 6.66. The molecule has 0 rings (SSSR count). The van der Waals surface area contributed by atoms with Crippen LogP contribution in [0.4, 0.5) is 28.8 Å². The van der Waals surface area contributed by atoms with Crippen molar-refractivity contribution < 1.29 is 138 Å². The van der Waals surface area contributed by atoms with Crippen LogP contribution in [0.3, 0.4) is 0 Å². The minimum Gasteiger partial charge on any atom is -0.451 e. The van der Waals surface area contributed by atoms with Gasteiger partial charge in [0.05, 0.1) is 39.6 Å². The molecular formula is C52H124N8O28Si4. The van der Waals surface area contributed by atoms with Crippen molar-refractivity contribution >= 4 is 83.9 Å². The molecule has 0 heterocycles. The maximum atomic E-state index is 11.7. The Morgan fingerprint density at radius 3 is 0.804 bits per heavy atom. The van der Waals surface area contributed by atoms with Crippen LogP contribution in [0.1, 0.15) is 74.8 Å². The zero-order valence-corrected chi connectivity index (χ0v) is 61.9. The van der Waals surface area contributed by atoms with Crippen LogP contribution < -0.4 is 31.9 Å². The van der Waals surface area contributed by atoms with E-state index in [0.717, 1.165) is 0 Å². The van der Waals surface area contributed by atoms with E-state index in [0.29, 0.717) is 89.0 Å². The molecule has 0 radical (unpaired) electrons. The monoisotopic (exact) mass is 1420 g/mol. The summed E-state index contributed by atoms with van der Waals surface area (Å²) in [4.78, 5) is 67.2. The van der Waals surface area contributed by atoms with E-state index in [9.17, 15) is 28.8 Å². The van der Waals surface area contributed by atoms with Crippen LogP contribution in [0.5, 0.6) is 0 Å². The van der Waals surface area contributed by atoms with E-state index in [4.69, 9.17) is 111 Å². The van der Waals surface area contributed by atoms with Gasteiger partial charge in [-0.05, 0) is 38.5 Å². The Morgan fingerprint density at radius 2 is 0.576 bits per heavy atom. The van der Waals surface area contributed by atoms with Gasteiger partial charge in [0, 0.05) is 171 Å². The summed E-state index contributed by atoms with van der Waals surface area (Å²) in [6.45, 7) is 9.62. The molecule has 0 fully saturated rings. The van der Waals surface area contributed by atoms with Gasteiger partial charge in [0.25, 0.3) is 0 Å². The highest BCUT2D eigenvalue weighted by Crippen LogP contribution is 2.18.